The fourth-order valence-corrected chi connectivity index (χ4v) is 1.75. The van der Waals surface area contributed by atoms with Gasteiger partial charge >= 0.3 is 5.97 Å². The van der Waals surface area contributed by atoms with Crippen molar-refractivity contribution in [3.63, 3.8) is 0 Å². The molecule has 0 saturated heterocycles. The highest BCUT2D eigenvalue weighted by molar-refractivity contribution is 6.49. The maximum absolute atomic E-state index is 12.1. The molecule has 0 radical (unpaired) electrons. The number of methoxy groups -OCH3 is 1. The van der Waals surface area contributed by atoms with Crippen LogP contribution in [0, 0.1) is 0 Å². The highest BCUT2D eigenvalue weighted by Gasteiger charge is 2.22. The SMILES string of the molecule is COCCNC(=O)CC(=O)/C(=N/N)c1ccccc1C(=O)O. The van der Waals surface area contributed by atoms with E-state index in [2.05, 4.69) is 10.4 Å². The first-order chi connectivity index (χ1) is 10.5. The molecule has 0 saturated carbocycles. The van der Waals surface area contributed by atoms with Gasteiger partial charge in [-0.3, -0.25) is 9.59 Å². The number of nitrogens with zero attached hydrogens (tertiary/aromatic N) is 1. The van der Waals surface area contributed by atoms with E-state index in [9.17, 15) is 14.4 Å². The number of carboxylic acids is 1. The lowest BCUT2D eigenvalue weighted by Crippen LogP contribution is -2.31. The summed E-state index contributed by atoms with van der Waals surface area (Å²) >= 11 is 0. The molecule has 0 aromatic heterocycles. The van der Waals surface area contributed by atoms with Crippen LogP contribution in [0.1, 0.15) is 22.3 Å². The summed E-state index contributed by atoms with van der Waals surface area (Å²) < 4.78 is 4.77. The number of rotatable bonds is 8. The van der Waals surface area contributed by atoms with Crippen LogP contribution in [0.3, 0.4) is 0 Å². The second kappa shape index (κ2) is 8.53. The Morgan fingerprint density at radius 1 is 1.27 bits per heavy atom. The van der Waals surface area contributed by atoms with Gasteiger partial charge in [-0.15, -0.1) is 0 Å². The summed E-state index contributed by atoms with van der Waals surface area (Å²) in [4.78, 5) is 34.9. The van der Waals surface area contributed by atoms with E-state index in [0.29, 0.717) is 6.61 Å². The van der Waals surface area contributed by atoms with E-state index >= 15 is 0 Å². The molecule has 0 aliphatic carbocycles. The van der Waals surface area contributed by atoms with Crippen LogP contribution >= 0.6 is 0 Å². The zero-order valence-corrected chi connectivity index (χ0v) is 12.0. The van der Waals surface area contributed by atoms with Gasteiger partial charge < -0.3 is 21.0 Å². The smallest absolute Gasteiger partial charge is 0.336 e. The van der Waals surface area contributed by atoms with E-state index in [0.717, 1.165) is 0 Å². The number of amides is 1. The number of nitrogens with two attached hydrogens (primary N) is 1. The van der Waals surface area contributed by atoms with Crippen LogP contribution in [0.15, 0.2) is 29.4 Å². The summed E-state index contributed by atoms with van der Waals surface area (Å²) in [6.45, 7) is 0.586. The molecule has 1 amide bonds. The lowest BCUT2D eigenvalue weighted by molar-refractivity contribution is -0.125. The fraction of sp³-hybridized carbons (Fsp3) is 0.286. The number of benzene rings is 1. The number of hydrogen-bond donors (Lipinski definition) is 3. The van der Waals surface area contributed by atoms with E-state index in [-0.39, 0.29) is 23.4 Å². The molecule has 118 valence electrons. The second-order valence-corrected chi connectivity index (χ2v) is 4.27. The molecule has 1 aromatic carbocycles. The quantitative estimate of drug-likeness (QED) is 0.200. The van der Waals surface area contributed by atoms with Gasteiger partial charge in [0.15, 0.2) is 5.78 Å². The average Bonchev–Trinajstić information content (AvgIpc) is 2.48. The number of nitrogens with one attached hydrogen (secondary N) is 1. The molecule has 0 aliphatic heterocycles. The molecular formula is C14H17N3O5. The summed E-state index contributed by atoms with van der Waals surface area (Å²) in [7, 11) is 1.49. The first kappa shape index (κ1) is 17.3. The van der Waals surface area contributed by atoms with Crippen molar-refractivity contribution in [1.82, 2.24) is 5.32 Å². The Morgan fingerprint density at radius 3 is 2.45 bits per heavy atom. The van der Waals surface area contributed by atoms with Crippen LogP contribution in [0.2, 0.25) is 0 Å². The Bertz CT molecular complexity index is 598. The van der Waals surface area contributed by atoms with Crippen molar-refractivity contribution in [2.75, 3.05) is 20.3 Å². The number of hydrazone groups is 1. The molecule has 0 spiro atoms. The normalized spacial score (nSPS) is 11.0. The fourth-order valence-electron chi connectivity index (χ4n) is 1.75. The van der Waals surface area contributed by atoms with Gasteiger partial charge in [-0.2, -0.15) is 5.10 Å². The predicted octanol–water partition coefficient (Wildman–Crippen LogP) is -0.231. The lowest BCUT2D eigenvalue weighted by Gasteiger charge is -2.08. The van der Waals surface area contributed by atoms with Crippen molar-refractivity contribution in [2.45, 2.75) is 6.42 Å². The van der Waals surface area contributed by atoms with Crippen molar-refractivity contribution < 1.29 is 24.2 Å². The van der Waals surface area contributed by atoms with E-state index in [4.69, 9.17) is 15.7 Å². The van der Waals surface area contributed by atoms with E-state index in [1.54, 1.807) is 6.07 Å². The Balaban J connectivity index is 2.87. The lowest BCUT2D eigenvalue weighted by atomic mass is 9.99. The Kier molecular flexibility index (Phi) is 6.71. The summed E-state index contributed by atoms with van der Waals surface area (Å²) in [6.07, 6.45) is -0.478. The van der Waals surface area contributed by atoms with Crippen molar-refractivity contribution in [2.24, 2.45) is 10.9 Å². The van der Waals surface area contributed by atoms with Gasteiger partial charge in [0.25, 0.3) is 0 Å². The van der Waals surface area contributed by atoms with E-state index in [1.807, 2.05) is 0 Å². The largest absolute Gasteiger partial charge is 0.478 e. The number of carbonyl (C=O) groups excluding carboxylic acids is 2. The van der Waals surface area contributed by atoms with Crippen molar-refractivity contribution in [3.8, 4) is 0 Å². The highest BCUT2D eigenvalue weighted by atomic mass is 16.5. The van der Waals surface area contributed by atoms with Gasteiger partial charge in [0, 0.05) is 19.2 Å². The Hall–Kier alpha value is -2.74. The molecule has 4 N–H and O–H groups in total. The molecule has 0 unspecified atom stereocenters. The number of Topliss-reactive ketones (excluding diaryl/α,β-unsaturated/α-hetero) is 1. The average molecular weight is 307 g/mol. The minimum Gasteiger partial charge on any atom is -0.478 e. The van der Waals surface area contributed by atoms with Crippen LogP contribution in [-0.2, 0) is 14.3 Å². The van der Waals surface area contributed by atoms with Crippen LogP contribution in [0.25, 0.3) is 0 Å². The van der Waals surface area contributed by atoms with Crippen molar-refractivity contribution in [3.05, 3.63) is 35.4 Å². The third kappa shape index (κ3) is 4.67. The standard InChI is InChI=1S/C14H17N3O5/c1-22-7-6-16-12(19)8-11(18)13(17-15)9-4-2-3-5-10(9)14(20)21/h2-5H,6-8,15H2,1H3,(H,16,19)(H,20,21)/b17-13+. The van der Waals surface area contributed by atoms with Crippen LogP contribution in [-0.4, -0.2) is 48.7 Å². The van der Waals surface area contributed by atoms with Crippen LogP contribution < -0.4 is 11.2 Å². The summed E-state index contributed by atoms with van der Waals surface area (Å²) in [5.74, 6) is 2.80. The zero-order chi connectivity index (χ0) is 16.5. The number of carboxylic acid groups (broad SMARTS) is 1. The van der Waals surface area contributed by atoms with Gasteiger partial charge in [-0.05, 0) is 6.07 Å². The third-order valence-corrected chi connectivity index (χ3v) is 2.76. The predicted molar refractivity (Wildman–Crippen MR) is 78.6 cm³/mol. The van der Waals surface area contributed by atoms with Crippen LogP contribution in [0.4, 0.5) is 0 Å². The monoisotopic (exact) mass is 307 g/mol. The summed E-state index contributed by atoms with van der Waals surface area (Å²) in [5.41, 5.74) is -0.285. The Morgan fingerprint density at radius 2 is 1.91 bits per heavy atom. The Labute approximate surface area is 126 Å². The number of ether oxygens (including phenoxy) is 1. The minimum atomic E-state index is -1.21. The van der Waals surface area contributed by atoms with Gasteiger partial charge in [0.1, 0.15) is 5.71 Å². The van der Waals surface area contributed by atoms with E-state index < -0.39 is 24.1 Å². The van der Waals surface area contributed by atoms with Gasteiger partial charge in [0.05, 0.1) is 18.6 Å². The molecule has 0 atom stereocenters. The molecule has 8 heteroatoms. The third-order valence-electron chi connectivity index (χ3n) is 2.76. The first-order valence-electron chi connectivity index (χ1n) is 6.40. The van der Waals surface area contributed by atoms with Gasteiger partial charge in [-0.25, -0.2) is 4.79 Å². The van der Waals surface area contributed by atoms with Gasteiger partial charge in [0.2, 0.25) is 5.91 Å². The molecule has 1 aromatic rings. The zero-order valence-electron chi connectivity index (χ0n) is 12.0. The van der Waals surface area contributed by atoms with Crippen molar-refractivity contribution >= 4 is 23.4 Å². The number of aromatic carboxylic acids is 1. The van der Waals surface area contributed by atoms with E-state index in [1.165, 1.54) is 25.3 Å². The maximum Gasteiger partial charge on any atom is 0.336 e. The number of ketones is 1. The molecule has 0 bridgehead atoms. The minimum absolute atomic E-state index is 0.0761. The highest BCUT2D eigenvalue weighted by Crippen LogP contribution is 2.11. The molecule has 8 nitrogen and oxygen atoms in total. The molecule has 0 aliphatic rings. The number of carbonyl (C=O) groups is 3. The maximum atomic E-state index is 12.1. The van der Waals surface area contributed by atoms with Crippen molar-refractivity contribution in [1.29, 1.82) is 0 Å². The topological polar surface area (TPSA) is 131 Å². The molecular weight excluding hydrogens is 290 g/mol. The summed E-state index contributed by atoms with van der Waals surface area (Å²) in [5, 5.41) is 15.0. The summed E-state index contributed by atoms with van der Waals surface area (Å²) in [6, 6.07) is 5.81. The van der Waals surface area contributed by atoms with Gasteiger partial charge in [-0.1, -0.05) is 18.2 Å². The molecule has 0 fully saturated rings. The number of hydrogen-bond acceptors (Lipinski definition) is 6. The molecule has 1 rings (SSSR count). The molecule has 22 heavy (non-hydrogen) atoms. The van der Waals surface area contributed by atoms with Crippen LogP contribution in [0.5, 0.6) is 0 Å². The molecule has 0 heterocycles. The first-order valence-corrected chi connectivity index (χ1v) is 6.40. The second-order valence-electron chi connectivity index (χ2n) is 4.27.